The Hall–Kier alpha value is -1.90. The van der Waals surface area contributed by atoms with Crippen LogP contribution in [0, 0.1) is 5.92 Å². The third-order valence-corrected chi connectivity index (χ3v) is 5.89. The van der Waals surface area contributed by atoms with Gasteiger partial charge in [-0.05, 0) is 23.1 Å². The first-order valence-electron chi connectivity index (χ1n) is 7.59. The summed E-state index contributed by atoms with van der Waals surface area (Å²) in [5, 5.41) is 9.29. The molecule has 0 bridgehead atoms. The molecule has 2 aromatic carbocycles. The molecule has 0 aliphatic carbocycles. The number of carboxylic acids is 1. The Morgan fingerprint density at radius 2 is 1.61 bits per heavy atom. The van der Waals surface area contributed by atoms with Crippen LogP contribution in [-0.2, 0) is 15.8 Å². The smallest absolute Gasteiger partial charge is 0.307 e. The van der Waals surface area contributed by atoms with E-state index in [1.54, 1.807) is 6.92 Å². The van der Waals surface area contributed by atoms with Gasteiger partial charge in [-0.2, -0.15) is 0 Å². The van der Waals surface area contributed by atoms with Crippen molar-refractivity contribution in [2.75, 3.05) is 12.3 Å². The van der Waals surface area contributed by atoms with Crippen LogP contribution in [0.3, 0.4) is 0 Å². The quantitative estimate of drug-likeness (QED) is 0.754. The van der Waals surface area contributed by atoms with Gasteiger partial charge in [0.25, 0.3) is 0 Å². The molecule has 23 heavy (non-hydrogen) atoms. The van der Waals surface area contributed by atoms with Crippen LogP contribution < -0.4 is 0 Å². The van der Waals surface area contributed by atoms with Crippen molar-refractivity contribution in [3.63, 3.8) is 0 Å². The van der Waals surface area contributed by atoms with E-state index in [2.05, 4.69) is 0 Å². The highest BCUT2D eigenvalue weighted by Gasteiger charge is 2.27. The molecule has 2 aromatic rings. The van der Waals surface area contributed by atoms with Crippen molar-refractivity contribution in [2.45, 2.75) is 13.3 Å². The molecule has 0 saturated carbocycles. The van der Waals surface area contributed by atoms with Crippen LogP contribution in [0.2, 0.25) is 0 Å². The van der Waals surface area contributed by atoms with E-state index in [0.29, 0.717) is 0 Å². The van der Waals surface area contributed by atoms with Gasteiger partial charge in [0.05, 0.1) is 5.92 Å². The average Bonchev–Trinajstić information content (AvgIpc) is 2.55. The molecule has 0 aliphatic rings. The van der Waals surface area contributed by atoms with Crippen LogP contribution >= 0.6 is 7.37 Å². The van der Waals surface area contributed by atoms with Crippen molar-refractivity contribution in [1.29, 1.82) is 0 Å². The molecule has 0 amide bonds. The Labute approximate surface area is 136 Å². The summed E-state index contributed by atoms with van der Waals surface area (Å²) in [5.74, 6) is -1.87. The second kappa shape index (κ2) is 7.58. The highest BCUT2D eigenvalue weighted by molar-refractivity contribution is 7.58. The maximum absolute atomic E-state index is 11.8. The van der Waals surface area contributed by atoms with Gasteiger partial charge in [0.2, 0.25) is 7.37 Å². The Morgan fingerprint density at radius 3 is 2.13 bits per heavy atom. The summed E-state index contributed by atoms with van der Waals surface area (Å²) in [7, 11) is -3.36. The van der Waals surface area contributed by atoms with Crippen LogP contribution in [0.25, 0.3) is 11.1 Å². The Bertz CT molecular complexity index is 695. The predicted molar refractivity (Wildman–Crippen MR) is 91.9 cm³/mol. The standard InChI is InChI=1S/C18H21O4P/c1-2-23(21,22)13-17(18(19)20)12-14-8-10-16(11-9-14)15-6-4-3-5-7-15/h3-11,17H,2,12-13H2,1H3,(H,19,20)(H,21,22). The molecule has 2 N–H and O–H groups in total. The topological polar surface area (TPSA) is 74.6 Å². The van der Waals surface area contributed by atoms with E-state index in [1.807, 2.05) is 54.6 Å². The number of carbonyl (C=O) groups is 1. The van der Waals surface area contributed by atoms with Crippen LogP contribution in [0.15, 0.2) is 54.6 Å². The van der Waals surface area contributed by atoms with Crippen molar-refractivity contribution in [3.8, 4) is 11.1 Å². The van der Waals surface area contributed by atoms with E-state index in [9.17, 15) is 19.4 Å². The lowest BCUT2D eigenvalue weighted by Crippen LogP contribution is -2.21. The molecular formula is C18H21O4P. The second-order valence-electron chi connectivity index (χ2n) is 5.65. The summed E-state index contributed by atoms with van der Waals surface area (Å²) in [6.45, 7) is 1.61. The molecule has 2 unspecified atom stereocenters. The van der Waals surface area contributed by atoms with Gasteiger partial charge in [-0.25, -0.2) is 0 Å². The molecule has 4 nitrogen and oxygen atoms in total. The zero-order valence-corrected chi connectivity index (χ0v) is 13.9. The molecule has 5 heteroatoms. The van der Waals surface area contributed by atoms with Crippen LogP contribution in [0.1, 0.15) is 12.5 Å². The van der Waals surface area contributed by atoms with E-state index < -0.39 is 19.3 Å². The predicted octanol–water partition coefficient (Wildman–Crippen LogP) is 3.89. The minimum absolute atomic E-state index is 0.101. The van der Waals surface area contributed by atoms with E-state index in [0.717, 1.165) is 16.7 Å². The van der Waals surface area contributed by atoms with Crippen molar-refractivity contribution in [1.82, 2.24) is 0 Å². The molecule has 0 spiro atoms. The first-order chi connectivity index (χ1) is 10.9. The molecular weight excluding hydrogens is 311 g/mol. The summed E-state index contributed by atoms with van der Waals surface area (Å²) < 4.78 is 11.8. The summed E-state index contributed by atoms with van der Waals surface area (Å²) in [5.41, 5.74) is 3.01. The Morgan fingerprint density at radius 1 is 1.04 bits per heavy atom. The molecule has 2 atom stereocenters. The number of rotatable bonds is 7. The monoisotopic (exact) mass is 332 g/mol. The largest absolute Gasteiger partial charge is 0.481 e. The minimum Gasteiger partial charge on any atom is -0.481 e. The van der Waals surface area contributed by atoms with Gasteiger partial charge in [-0.15, -0.1) is 0 Å². The molecule has 0 radical (unpaired) electrons. The van der Waals surface area contributed by atoms with Crippen LogP contribution in [-0.4, -0.2) is 28.3 Å². The fourth-order valence-corrected chi connectivity index (χ4v) is 3.68. The Kier molecular flexibility index (Phi) is 5.75. The molecule has 0 aromatic heterocycles. The highest BCUT2D eigenvalue weighted by atomic mass is 31.2. The summed E-state index contributed by atoms with van der Waals surface area (Å²) >= 11 is 0. The molecule has 122 valence electrons. The SMILES string of the molecule is CCP(=O)(O)CC(Cc1ccc(-c2ccccc2)cc1)C(=O)O. The first-order valence-corrected chi connectivity index (χ1v) is 9.62. The number of hydrogen-bond donors (Lipinski definition) is 2. The number of carboxylic acid groups (broad SMARTS) is 1. The fourth-order valence-electron chi connectivity index (χ4n) is 2.45. The maximum atomic E-state index is 11.8. The van der Waals surface area contributed by atoms with Crippen molar-refractivity contribution < 1.29 is 19.4 Å². The summed E-state index contributed by atoms with van der Waals surface area (Å²) in [6, 6.07) is 17.6. The highest BCUT2D eigenvalue weighted by Crippen LogP contribution is 2.42. The zero-order chi connectivity index (χ0) is 16.9. The van der Waals surface area contributed by atoms with Gasteiger partial charge < -0.3 is 10.00 Å². The van der Waals surface area contributed by atoms with Gasteiger partial charge in [0, 0.05) is 12.3 Å². The van der Waals surface area contributed by atoms with Crippen molar-refractivity contribution in [2.24, 2.45) is 5.92 Å². The lowest BCUT2D eigenvalue weighted by molar-refractivity contribution is -0.141. The van der Waals surface area contributed by atoms with Gasteiger partial charge in [0.15, 0.2) is 0 Å². The number of benzene rings is 2. The van der Waals surface area contributed by atoms with Gasteiger partial charge in [0.1, 0.15) is 0 Å². The summed E-state index contributed by atoms with van der Waals surface area (Å²) in [6.07, 6.45) is 0.179. The van der Waals surface area contributed by atoms with E-state index in [4.69, 9.17) is 0 Å². The van der Waals surface area contributed by atoms with Crippen LogP contribution in [0.4, 0.5) is 0 Å². The average molecular weight is 332 g/mol. The summed E-state index contributed by atoms with van der Waals surface area (Å²) in [4.78, 5) is 21.1. The molecule has 0 heterocycles. The Balaban J connectivity index is 2.12. The molecule has 2 rings (SSSR count). The van der Waals surface area contributed by atoms with E-state index >= 15 is 0 Å². The minimum atomic E-state index is -3.36. The van der Waals surface area contributed by atoms with Crippen molar-refractivity contribution in [3.05, 3.63) is 60.2 Å². The van der Waals surface area contributed by atoms with E-state index in [-0.39, 0.29) is 18.7 Å². The molecule has 0 fully saturated rings. The van der Waals surface area contributed by atoms with Crippen molar-refractivity contribution >= 4 is 13.3 Å². The fraction of sp³-hybridized carbons (Fsp3) is 0.278. The second-order valence-corrected chi connectivity index (χ2v) is 8.34. The number of hydrogen-bond acceptors (Lipinski definition) is 2. The van der Waals surface area contributed by atoms with Gasteiger partial charge in [-0.3, -0.25) is 9.36 Å². The lowest BCUT2D eigenvalue weighted by Gasteiger charge is -2.16. The van der Waals surface area contributed by atoms with Crippen LogP contribution in [0.5, 0.6) is 0 Å². The normalized spacial score (nSPS) is 14.9. The molecule has 0 aliphatic heterocycles. The van der Waals surface area contributed by atoms with Gasteiger partial charge >= 0.3 is 5.97 Å². The molecule has 0 saturated heterocycles. The third kappa shape index (κ3) is 5.05. The van der Waals surface area contributed by atoms with E-state index in [1.165, 1.54) is 0 Å². The zero-order valence-electron chi connectivity index (χ0n) is 13.1. The number of aliphatic carboxylic acids is 1. The third-order valence-electron chi connectivity index (χ3n) is 3.89. The first kappa shape index (κ1) is 17.5. The lowest BCUT2D eigenvalue weighted by atomic mass is 9.98. The van der Waals surface area contributed by atoms with Gasteiger partial charge in [-0.1, -0.05) is 61.5 Å². The maximum Gasteiger partial charge on any atom is 0.307 e.